The number of pyridine rings is 2. The smallest absolute Gasteiger partial charge is 0.276 e. The van der Waals surface area contributed by atoms with E-state index < -0.39 is 58.5 Å². The summed E-state index contributed by atoms with van der Waals surface area (Å²) in [6, 6.07) is -0.00682. The Hall–Kier alpha value is -3.34. The summed E-state index contributed by atoms with van der Waals surface area (Å²) < 4.78 is 34.7. The van der Waals surface area contributed by atoms with Crippen LogP contribution in [0, 0.1) is 11.6 Å². The molecular weight excluding hydrogens is 414 g/mol. The van der Waals surface area contributed by atoms with Gasteiger partial charge < -0.3 is 24.6 Å². The molecule has 2 bridgehead atoms. The van der Waals surface area contributed by atoms with Crippen LogP contribution in [-0.2, 0) is 17.8 Å². The first-order chi connectivity index (χ1) is 14.8. The van der Waals surface area contributed by atoms with Crippen molar-refractivity contribution in [3.63, 3.8) is 0 Å². The molecule has 162 valence electrons. The Bertz CT molecular complexity index is 1150. The number of nitrogens with zero attached hydrogens (tertiary/aromatic N) is 3. The van der Waals surface area contributed by atoms with Gasteiger partial charge in [-0.2, -0.15) is 0 Å². The summed E-state index contributed by atoms with van der Waals surface area (Å²) in [6.45, 7) is -0.376. The average molecular weight is 432 g/mol. The molecule has 2 aromatic rings. The van der Waals surface area contributed by atoms with Crippen LogP contribution in [0.25, 0.3) is 0 Å². The Kier molecular flexibility index (Phi) is 4.50. The molecule has 2 N–H and O–H groups in total. The normalized spacial score (nSPS) is 24.0. The second-order valence-corrected chi connectivity index (χ2v) is 7.88. The van der Waals surface area contributed by atoms with Crippen molar-refractivity contribution >= 4 is 11.8 Å². The Balaban J connectivity index is 1.45. The van der Waals surface area contributed by atoms with E-state index in [0.717, 1.165) is 31.7 Å². The van der Waals surface area contributed by atoms with Crippen LogP contribution in [0.5, 0.6) is 5.75 Å². The lowest BCUT2D eigenvalue weighted by molar-refractivity contribution is -0.132. The highest BCUT2D eigenvalue weighted by molar-refractivity contribution is 5.99. The van der Waals surface area contributed by atoms with Gasteiger partial charge in [-0.1, -0.05) is 0 Å². The number of fused-ring (bicyclic) bond motifs is 5. The number of hydrogen-bond acceptors (Lipinski definition) is 6. The van der Waals surface area contributed by atoms with Crippen LogP contribution in [0.1, 0.15) is 45.7 Å². The van der Waals surface area contributed by atoms with Gasteiger partial charge in [0, 0.05) is 24.3 Å². The van der Waals surface area contributed by atoms with Crippen LogP contribution in [-0.4, -0.2) is 49.7 Å². The Morgan fingerprint density at radius 1 is 1.26 bits per heavy atom. The molecule has 2 aromatic heterocycles. The van der Waals surface area contributed by atoms with E-state index in [1.165, 1.54) is 10.8 Å². The molecule has 0 unspecified atom stereocenters. The zero-order chi connectivity index (χ0) is 21.9. The molecule has 1 aliphatic carbocycles. The van der Waals surface area contributed by atoms with Crippen molar-refractivity contribution in [2.75, 3.05) is 0 Å². The fourth-order valence-electron chi connectivity index (χ4n) is 4.59. The fraction of sp³-hybridized carbons (Fsp3) is 0.400. The van der Waals surface area contributed by atoms with Crippen LogP contribution < -0.4 is 10.7 Å². The monoisotopic (exact) mass is 432 g/mol. The highest BCUT2D eigenvalue weighted by atomic mass is 19.1. The van der Waals surface area contributed by atoms with E-state index in [1.807, 2.05) is 0 Å². The third-order valence-electron chi connectivity index (χ3n) is 6.08. The largest absolute Gasteiger partial charge is 0.503 e. The number of rotatable bonds is 3. The molecule has 1 saturated carbocycles. The van der Waals surface area contributed by atoms with E-state index in [4.69, 9.17) is 4.74 Å². The summed E-state index contributed by atoms with van der Waals surface area (Å²) in [6.07, 6.45) is 4.63. The SMILES string of the molecule is O=C(NCc1c(F)cncc1F)c1cn2c(c(O)c1=O)C(=O)N1[C@H]3CC[C@H](C3)O[C@@H]1C2. The molecule has 2 amide bonds. The van der Waals surface area contributed by atoms with E-state index in [0.29, 0.717) is 0 Å². The van der Waals surface area contributed by atoms with E-state index >= 15 is 0 Å². The maximum atomic E-state index is 13.7. The second-order valence-electron chi connectivity index (χ2n) is 7.88. The molecule has 0 radical (unpaired) electrons. The van der Waals surface area contributed by atoms with Crippen LogP contribution in [0.2, 0.25) is 0 Å². The molecule has 1 saturated heterocycles. The van der Waals surface area contributed by atoms with Crippen molar-refractivity contribution in [3.05, 3.63) is 57.3 Å². The summed E-state index contributed by atoms with van der Waals surface area (Å²) in [4.78, 5) is 43.1. The highest BCUT2D eigenvalue weighted by Crippen LogP contribution is 2.38. The predicted molar refractivity (Wildman–Crippen MR) is 100 cm³/mol. The topological polar surface area (TPSA) is 114 Å². The molecule has 2 fully saturated rings. The third kappa shape index (κ3) is 3.07. The maximum Gasteiger partial charge on any atom is 0.276 e. The standard InChI is InChI=1S/C20H18F2N4O5/c21-13-5-23-6-14(22)11(13)4-24-19(29)12-7-25-8-15-26(9-1-2-10(3-9)31-15)20(30)16(25)18(28)17(12)27/h5-7,9-10,15,28H,1-4,8H2,(H,24,29)/t9-,10+,15+/m0/s1. The van der Waals surface area contributed by atoms with Gasteiger partial charge in [0.05, 0.1) is 25.0 Å². The molecule has 4 heterocycles. The highest BCUT2D eigenvalue weighted by Gasteiger charge is 2.47. The fourth-order valence-corrected chi connectivity index (χ4v) is 4.59. The van der Waals surface area contributed by atoms with Gasteiger partial charge in [-0.05, 0) is 19.3 Å². The van der Waals surface area contributed by atoms with Gasteiger partial charge in [0.1, 0.15) is 17.2 Å². The number of ether oxygens (including phenoxy) is 1. The number of nitrogens with one attached hydrogen (secondary N) is 1. The summed E-state index contributed by atoms with van der Waals surface area (Å²) in [5, 5.41) is 12.7. The molecule has 5 rings (SSSR count). The number of hydrogen-bond donors (Lipinski definition) is 2. The van der Waals surface area contributed by atoms with Crippen molar-refractivity contribution in [1.82, 2.24) is 19.8 Å². The summed E-state index contributed by atoms with van der Waals surface area (Å²) >= 11 is 0. The first-order valence-electron chi connectivity index (χ1n) is 9.85. The molecule has 0 spiro atoms. The van der Waals surface area contributed by atoms with Gasteiger partial charge in [-0.3, -0.25) is 19.4 Å². The van der Waals surface area contributed by atoms with Crippen LogP contribution in [0.4, 0.5) is 8.78 Å². The molecule has 3 aliphatic rings. The number of amides is 2. The van der Waals surface area contributed by atoms with Gasteiger partial charge >= 0.3 is 0 Å². The summed E-state index contributed by atoms with van der Waals surface area (Å²) in [7, 11) is 0. The summed E-state index contributed by atoms with van der Waals surface area (Å²) in [5.74, 6) is -4.19. The number of aromatic nitrogens is 2. The predicted octanol–water partition coefficient (Wildman–Crippen LogP) is 0.890. The average Bonchev–Trinajstić information content (AvgIpc) is 3.10. The lowest BCUT2D eigenvalue weighted by Gasteiger charge is -2.44. The molecule has 2 aliphatic heterocycles. The van der Waals surface area contributed by atoms with Gasteiger partial charge in [-0.15, -0.1) is 0 Å². The number of aromatic hydroxyl groups is 1. The van der Waals surface area contributed by atoms with E-state index in [2.05, 4.69) is 10.3 Å². The van der Waals surface area contributed by atoms with Crippen molar-refractivity contribution < 1.29 is 28.2 Å². The molecule has 3 atom stereocenters. The zero-order valence-electron chi connectivity index (χ0n) is 16.2. The first kappa shape index (κ1) is 19.6. The van der Waals surface area contributed by atoms with Gasteiger partial charge in [-0.25, -0.2) is 8.78 Å². The van der Waals surface area contributed by atoms with E-state index in [9.17, 15) is 28.3 Å². The molecular formula is C20H18F2N4O5. The number of carbonyl (C=O) groups excluding carboxylic acids is 2. The Labute approximate surface area is 174 Å². The second kappa shape index (κ2) is 7.12. The van der Waals surface area contributed by atoms with Crippen LogP contribution in [0.15, 0.2) is 23.4 Å². The quantitative estimate of drug-likeness (QED) is 0.745. The summed E-state index contributed by atoms with van der Waals surface area (Å²) in [5.41, 5.74) is -2.09. The van der Waals surface area contributed by atoms with Crippen LogP contribution >= 0.6 is 0 Å². The Morgan fingerprint density at radius 2 is 2.00 bits per heavy atom. The lowest BCUT2D eigenvalue weighted by atomic mass is 10.1. The molecule has 11 heteroatoms. The first-order valence-corrected chi connectivity index (χ1v) is 9.85. The molecule has 9 nitrogen and oxygen atoms in total. The van der Waals surface area contributed by atoms with Gasteiger partial charge in [0.15, 0.2) is 17.7 Å². The van der Waals surface area contributed by atoms with Crippen molar-refractivity contribution in [3.8, 4) is 5.75 Å². The van der Waals surface area contributed by atoms with Crippen molar-refractivity contribution in [1.29, 1.82) is 0 Å². The van der Waals surface area contributed by atoms with E-state index in [-0.39, 0.29) is 24.4 Å². The van der Waals surface area contributed by atoms with Crippen molar-refractivity contribution in [2.45, 2.75) is 50.7 Å². The van der Waals surface area contributed by atoms with Crippen LogP contribution in [0.3, 0.4) is 0 Å². The third-order valence-corrected chi connectivity index (χ3v) is 6.08. The minimum atomic E-state index is -1.03. The lowest BCUT2D eigenvalue weighted by Crippen LogP contribution is -2.57. The minimum absolute atomic E-state index is 0.00682. The number of carbonyl (C=O) groups is 2. The zero-order valence-corrected chi connectivity index (χ0v) is 16.2. The van der Waals surface area contributed by atoms with Gasteiger partial charge in [0.25, 0.3) is 11.8 Å². The van der Waals surface area contributed by atoms with Gasteiger partial charge in [0.2, 0.25) is 5.43 Å². The molecule has 31 heavy (non-hydrogen) atoms. The Morgan fingerprint density at radius 3 is 2.74 bits per heavy atom. The minimum Gasteiger partial charge on any atom is -0.503 e. The maximum absolute atomic E-state index is 13.7. The van der Waals surface area contributed by atoms with Crippen molar-refractivity contribution in [2.24, 2.45) is 0 Å². The number of halogens is 2. The van der Waals surface area contributed by atoms with E-state index in [1.54, 1.807) is 4.90 Å². The molecule has 0 aromatic carbocycles.